The molecule has 108 valence electrons. The highest BCUT2D eigenvalue weighted by Gasteiger charge is 2.14. The molecule has 3 nitrogen and oxygen atoms in total. The predicted octanol–water partition coefficient (Wildman–Crippen LogP) is 4.05. The number of halogens is 1. The number of phenols is 1. The molecule has 1 aromatic heterocycles. The summed E-state index contributed by atoms with van der Waals surface area (Å²) in [5.74, 6) is 0.285. The normalized spacial score (nSPS) is 15.8. The first-order chi connectivity index (χ1) is 9.24. The van der Waals surface area contributed by atoms with Crippen LogP contribution in [-0.2, 0) is 0 Å². The maximum absolute atomic E-state index is 9.61. The van der Waals surface area contributed by atoms with Crippen molar-refractivity contribution in [2.45, 2.75) is 32.6 Å². The predicted molar refractivity (Wildman–Crippen MR) is 86.1 cm³/mol. The van der Waals surface area contributed by atoms with Crippen LogP contribution in [0.2, 0.25) is 0 Å². The lowest BCUT2D eigenvalue weighted by atomic mass is 10.1. The lowest BCUT2D eigenvalue weighted by Crippen LogP contribution is -2.24. The van der Waals surface area contributed by atoms with Gasteiger partial charge in [-0.25, -0.2) is 0 Å². The maximum atomic E-state index is 9.61. The van der Waals surface area contributed by atoms with Gasteiger partial charge in [0.15, 0.2) is 0 Å². The number of pyridine rings is 1. The minimum atomic E-state index is 0. The average molecular weight is 293 g/mol. The first-order valence-corrected chi connectivity index (χ1v) is 7.09. The highest BCUT2D eigenvalue weighted by Crippen LogP contribution is 2.30. The molecular weight excluding hydrogens is 272 g/mol. The molecule has 0 amide bonds. The quantitative estimate of drug-likeness (QED) is 0.861. The van der Waals surface area contributed by atoms with Crippen molar-refractivity contribution >= 4 is 29.0 Å². The number of hydrogen-bond acceptors (Lipinski definition) is 3. The third-order valence-electron chi connectivity index (χ3n) is 3.85. The molecule has 1 aromatic carbocycles. The van der Waals surface area contributed by atoms with Crippen molar-refractivity contribution in [3.63, 3.8) is 0 Å². The Kier molecular flexibility index (Phi) is 4.71. The number of hydrogen-bond donors (Lipinski definition) is 1. The van der Waals surface area contributed by atoms with Crippen LogP contribution in [0.25, 0.3) is 10.9 Å². The summed E-state index contributed by atoms with van der Waals surface area (Å²) in [7, 11) is 0. The number of nitrogens with zero attached hydrogens (tertiary/aromatic N) is 2. The summed E-state index contributed by atoms with van der Waals surface area (Å²) >= 11 is 0. The topological polar surface area (TPSA) is 36.4 Å². The molecule has 4 heteroatoms. The van der Waals surface area contributed by atoms with E-state index in [0.717, 1.165) is 29.7 Å². The van der Waals surface area contributed by atoms with E-state index in [2.05, 4.69) is 16.0 Å². The van der Waals surface area contributed by atoms with E-state index in [9.17, 15) is 5.11 Å². The maximum Gasteiger partial charge on any atom is 0.117 e. The van der Waals surface area contributed by atoms with E-state index in [4.69, 9.17) is 0 Å². The summed E-state index contributed by atoms with van der Waals surface area (Å²) < 4.78 is 0. The van der Waals surface area contributed by atoms with Crippen LogP contribution in [0, 0.1) is 6.92 Å². The van der Waals surface area contributed by atoms with Crippen molar-refractivity contribution in [2.24, 2.45) is 0 Å². The molecule has 2 heterocycles. The summed E-state index contributed by atoms with van der Waals surface area (Å²) in [6.45, 7) is 4.27. The summed E-state index contributed by atoms with van der Waals surface area (Å²) in [5.41, 5.74) is 3.17. The molecule has 0 radical (unpaired) electrons. The second kappa shape index (κ2) is 6.31. The van der Waals surface area contributed by atoms with E-state index >= 15 is 0 Å². The van der Waals surface area contributed by atoms with Gasteiger partial charge in [0.2, 0.25) is 0 Å². The summed E-state index contributed by atoms with van der Waals surface area (Å²) in [6.07, 6.45) is 5.19. The van der Waals surface area contributed by atoms with Gasteiger partial charge in [0, 0.05) is 35.9 Å². The Balaban J connectivity index is 0.00000147. The molecule has 0 atom stereocenters. The Morgan fingerprint density at radius 1 is 1.05 bits per heavy atom. The molecule has 0 spiro atoms. The van der Waals surface area contributed by atoms with Gasteiger partial charge in [-0.15, -0.1) is 12.4 Å². The third kappa shape index (κ3) is 2.98. The van der Waals surface area contributed by atoms with Crippen LogP contribution in [0.3, 0.4) is 0 Å². The first-order valence-electron chi connectivity index (χ1n) is 7.09. The Morgan fingerprint density at radius 3 is 2.45 bits per heavy atom. The van der Waals surface area contributed by atoms with Gasteiger partial charge in [-0.2, -0.15) is 0 Å². The Labute approximate surface area is 126 Å². The fraction of sp³-hybridized carbons (Fsp3) is 0.438. The molecule has 1 N–H and O–H groups in total. The zero-order valence-electron chi connectivity index (χ0n) is 11.8. The smallest absolute Gasteiger partial charge is 0.117 e. The van der Waals surface area contributed by atoms with Crippen LogP contribution in [0.4, 0.5) is 5.69 Å². The largest absolute Gasteiger partial charge is 0.508 e. The molecule has 1 saturated heterocycles. The monoisotopic (exact) mass is 292 g/mol. The van der Waals surface area contributed by atoms with Crippen molar-refractivity contribution < 1.29 is 5.11 Å². The van der Waals surface area contributed by atoms with Crippen molar-refractivity contribution in [3.05, 3.63) is 30.0 Å². The molecule has 0 saturated carbocycles. The van der Waals surface area contributed by atoms with Gasteiger partial charge in [-0.3, -0.25) is 4.98 Å². The molecule has 1 aliphatic rings. The number of aromatic hydroxyl groups is 1. The molecule has 2 aromatic rings. The molecular formula is C16H21ClN2O. The number of fused-ring (bicyclic) bond motifs is 1. The van der Waals surface area contributed by atoms with E-state index in [1.54, 1.807) is 12.1 Å². The lowest BCUT2D eigenvalue weighted by molar-refractivity contribution is 0.476. The molecule has 20 heavy (non-hydrogen) atoms. The van der Waals surface area contributed by atoms with Crippen molar-refractivity contribution in [2.75, 3.05) is 18.0 Å². The van der Waals surface area contributed by atoms with E-state index < -0.39 is 0 Å². The molecule has 0 unspecified atom stereocenters. The molecule has 3 rings (SSSR count). The van der Waals surface area contributed by atoms with E-state index in [1.807, 2.05) is 13.0 Å². The van der Waals surface area contributed by atoms with Gasteiger partial charge in [0.25, 0.3) is 0 Å². The van der Waals surface area contributed by atoms with E-state index in [-0.39, 0.29) is 18.2 Å². The van der Waals surface area contributed by atoms with Gasteiger partial charge in [0.1, 0.15) is 5.75 Å². The second-order valence-corrected chi connectivity index (χ2v) is 5.39. The molecule has 0 aliphatic carbocycles. The Bertz CT molecular complexity index is 587. The Hall–Kier alpha value is -1.48. The fourth-order valence-electron chi connectivity index (χ4n) is 2.90. The van der Waals surface area contributed by atoms with E-state index in [1.165, 1.54) is 31.4 Å². The minimum Gasteiger partial charge on any atom is -0.508 e. The standard InChI is InChI=1S/C16H20N2O.ClH/c1-12-10-16(18-8-4-2-3-5-9-18)14-7-6-13(19)11-15(14)17-12;/h6-7,10-11,19H,2-5,8-9H2,1H3;1H. The number of anilines is 1. The summed E-state index contributed by atoms with van der Waals surface area (Å²) in [6, 6.07) is 7.66. The number of aromatic nitrogens is 1. The molecule has 1 fully saturated rings. The number of benzene rings is 1. The number of aryl methyl sites for hydroxylation is 1. The highest BCUT2D eigenvalue weighted by atomic mass is 35.5. The van der Waals surface area contributed by atoms with Crippen LogP contribution in [0.15, 0.2) is 24.3 Å². The average Bonchev–Trinajstić information content (AvgIpc) is 2.65. The number of phenolic OH excluding ortho intramolecular Hbond substituents is 1. The van der Waals surface area contributed by atoms with Crippen LogP contribution in [-0.4, -0.2) is 23.2 Å². The summed E-state index contributed by atoms with van der Waals surface area (Å²) in [5, 5.41) is 10.8. The Morgan fingerprint density at radius 2 is 1.75 bits per heavy atom. The number of rotatable bonds is 1. The van der Waals surface area contributed by atoms with Gasteiger partial charge in [0.05, 0.1) is 5.52 Å². The van der Waals surface area contributed by atoms with Crippen LogP contribution in [0.5, 0.6) is 5.75 Å². The van der Waals surface area contributed by atoms with Crippen LogP contribution in [0.1, 0.15) is 31.4 Å². The fourth-order valence-corrected chi connectivity index (χ4v) is 2.90. The summed E-state index contributed by atoms with van der Waals surface area (Å²) in [4.78, 5) is 7.00. The first kappa shape index (κ1) is 14.9. The lowest BCUT2D eigenvalue weighted by Gasteiger charge is -2.24. The third-order valence-corrected chi connectivity index (χ3v) is 3.85. The molecule has 0 bridgehead atoms. The zero-order valence-corrected chi connectivity index (χ0v) is 12.6. The van der Waals surface area contributed by atoms with Crippen LogP contribution >= 0.6 is 12.4 Å². The molecule has 1 aliphatic heterocycles. The SMILES string of the molecule is Cc1cc(N2CCCCCC2)c2ccc(O)cc2n1.Cl. The van der Waals surface area contributed by atoms with Gasteiger partial charge in [-0.1, -0.05) is 12.8 Å². The van der Waals surface area contributed by atoms with Crippen molar-refractivity contribution in [1.82, 2.24) is 4.98 Å². The van der Waals surface area contributed by atoms with E-state index in [0.29, 0.717) is 0 Å². The van der Waals surface area contributed by atoms with Crippen LogP contribution < -0.4 is 4.90 Å². The highest BCUT2D eigenvalue weighted by molar-refractivity contribution is 5.92. The van der Waals surface area contributed by atoms with Crippen molar-refractivity contribution in [3.8, 4) is 5.75 Å². The van der Waals surface area contributed by atoms with Gasteiger partial charge < -0.3 is 10.0 Å². The van der Waals surface area contributed by atoms with Gasteiger partial charge >= 0.3 is 0 Å². The second-order valence-electron chi connectivity index (χ2n) is 5.39. The zero-order chi connectivity index (χ0) is 13.2. The van der Waals surface area contributed by atoms with Gasteiger partial charge in [-0.05, 0) is 38.0 Å². The minimum absolute atomic E-state index is 0. The van der Waals surface area contributed by atoms with Crippen molar-refractivity contribution in [1.29, 1.82) is 0 Å².